The lowest BCUT2D eigenvalue weighted by atomic mass is 10.1. The summed E-state index contributed by atoms with van der Waals surface area (Å²) in [5.41, 5.74) is 0.987. The molecule has 2 aromatic rings. The van der Waals surface area contributed by atoms with Crippen LogP contribution in [0.15, 0.2) is 30.5 Å². The molecular formula is C13H14N2O3. The van der Waals surface area contributed by atoms with E-state index in [-0.39, 0.29) is 17.5 Å². The van der Waals surface area contributed by atoms with E-state index in [4.69, 9.17) is 5.11 Å². The van der Waals surface area contributed by atoms with E-state index in [2.05, 4.69) is 5.32 Å². The van der Waals surface area contributed by atoms with Gasteiger partial charge < -0.3 is 15.0 Å². The molecule has 1 amide bonds. The van der Waals surface area contributed by atoms with E-state index in [0.717, 1.165) is 5.52 Å². The second-order valence-corrected chi connectivity index (χ2v) is 4.06. The van der Waals surface area contributed by atoms with Crippen molar-refractivity contribution < 1.29 is 14.7 Å². The molecule has 0 aliphatic heterocycles. The number of nitrogens with one attached hydrogen (secondary N) is 1. The van der Waals surface area contributed by atoms with E-state index in [1.165, 1.54) is 0 Å². The van der Waals surface area contributed by atoms with Crippen LogP contribution in [0.2, 0.25) is 0 Å². The van der Waals surface area contributed by atoms with Gasteiger partial charge in [0.25, 0.3) is 0 Å². The number of carbonyl (C=O) groups excluding carboxylic acids is 1. The van der Waals surface area contributed by atoms with Gasteiger partial charge in [0.2, 0.25) is 5.91 Å². The number of hydrogen-bond acceptors (Lipinski definition) is 2. The van der Waals surface area contributed by atoms with Crippen LogP contribution in [0.4, 0.5) is 0 Å². The second-order valence-electron chi connectivity index (χ2n) is 4.06. The van der Waals surface area contributed by atoms with Crippen molar-refractivity contribution in [2.24, 2.45) is 0 Å². The lowest BCUT2D eigenvalue weighted by molar-refractivity contribution is -0.123. The van der Waals surface area contributed by atoms with Crippen molar-refractivity contribution in [2.45, 2.75) is 13.0 Å². The molecule has 1 aromatic carbocycles. The van der Waals surface area contributed by atoms with Crippen LogP contribution in [-0.2, 0) is 4.79 Å². The summed E-state index contributed by atoms with van der Waals surface area (Å²) in [5, 5.41) is 12.3. The van der Waals surface area contributed by atoms with Crippen molar-refractivity contribution in [3.05, 3.63) is 36.0 Å². The smallest absolute Gasteiger partial charge is 0.336 e. The van der Waals surface area contributed by atoms with E-state index in [9.17, 15) is 9.59 Å². The van der Waals surface area contributed by atoms with Crippen molar-refractivity contribution in [3.63, 3.8) is 0 Å². The number of hydrogen-bond donors (Lipinski definition) is 2. The Hall–Kier alpha value is -2.30. The molecule has 0 spiro atoms. The van der Waals surface area contributed by atoms with E-state index in [1.807, 2.05) is 0 Å². The highest BCUT2D eigenvalue weighted by Gasteiger charge is 2.17. The number of amides is 1. The van der Waals surface area contributed by atoms with Gasteiger partial charge in [0.1, 0.15) is 6.04 Å². The van der Waals surface area contributed by atoms with E-state index in [0.29, 0.717) is 5.39 Å². The lowest BCUT2D eigenvalue weighted by Crippen LogP contribution is -2.27. The highest BCUT2D eigenvalue weighted by Crippen LogP contribution is 2.23. The molecule has 18 heavy (non-hydrogen) atoms. The molecule has 1 heterocycles. The highest BCUT2D eigenvalue weighted by molar-refractivity contribution is 6.03. The molecule has 0 aliphatic carbocycles. The summed E-state index contributed by atoms with van der Waals surface area (Å²) in [6.07, 6.45) is 1.73. The fourth-order valence-electron chi connectivity index (χ4n) is 2.05. The molecule has 0 radical (unpaired) electrons. The summed E-state index contributed by atoms with van der Waals surface area (Å²) in [6, 6.07) is 6.38. The van der Waals surface area contributed by atoms with Crippen LogP contribution in [0.5, 0.6) is 0 Å². The van der Waals surface area contributed by atoms with Crippen molar-refractivity contribution in [3.8, 4) is 0 Å². The predicted octanol–water partition coefficient (Wildman–Crippen LogP) is 1.65. The predicted molar refractivity (Wildman–Crippen MR) is 67.7 cm³/mol. The van der Waals surface area contributed by atoms with Crippen LogP contribution in [0.3, 0.4) is 0 Å². The van der Waals surface area contributed by atoms with Crippen LogP contribution >= 0.6 is 0 Å². The van der Waals surface area contributed by atoms with Crippen LogP contribution < -0.4 is 5.32 Å². The van der Waals surface area contributed by atoms with Crippen LogP contribution in [0.1, 0.15) is 23.3 Å². The minimum absolute atomic E-state index is 0.117. The first-order valence-corrected chi connectivity index (χ1v) is 5.60. The third-order valence-electron chi connectivity index (χ3n) is 3.04. The normalized spacial score (nSPS) is 12.3. The Bertz CT molecular complexity index is 616. The molecule has 0 bridgehead atoms. The molecule has 5 heteroatoms. The number of rotatable bonds is 3. The monoisotopic (exact) mass is 246 g/mol. The quantitative estimate of drug-likeness (QED) is 0.865. The maximum absolute atomic E-state index is 11.6. The minimum Gasteiger partial charge on any atom is -0.478 e. The zero-order valence-electron chi connectivity index (χ0n) is 10.2. The Balaban J connectivity index is 2.59. The molecule has 2 rings (SSSR count). The highest BCUT2D eigenvalue weighted by atomic mass is 16.4. The molecule has 1 atom stereocenters. The first-order valence-electron chi connectivity index (χ1n) is 5.60. The van der Waals surface area contributed by atoms with Crippen molar-refractivity contribution in [1.82, 2.24) is 9.88 Å². The topological polar surface area (TPSA) is 71.3 Å². The number of likely N-dealkylation sites (N-methyl/N-ethyl adjacent to an activating group) is 1. The molecule has 1 aromatic heterocycles. The maximum Gasteiger partial charge on any atom is 0.336 e. The van der Waals surface area contributed by atoms with Gasteiger partial charge in [-0.05, 0) is 25.1 Å². The zero-order valence-corrected chi connectivity index (χ0v) is 10.2. The second kappa shape index (κ2) is 4.52. The van der Waals surface area contributed by atoms with Crippen LogP contribution in [-0.4, -0.2) is 28.6 Å². The number of aromatic carboxylic acids is 1. The molecule has 1 unspecified atom stereocenters. The van der Waals surface area contributed by atoms with Crippen LogP contribution in [0, 0.1) is 0 Å². The SMILES string of the molecule is CNC(=O)C(C)n1ccc2c(C(=O)O)cccc21. The minimum atomic E-state index is -0.967. The summed E-state index contributed by atoms with van der Waals surface area (Å²) in [5.74, 6) is -1.08. The average Bonchev–Trinajstić information content (AvgIpc) is 2.80. The maximum atomic E-state index is 11.6. The molecule has 2 N–H and O–H groups in total. The van der Waals surface area contributed by atoms with Gasteiger partial charge in [-0.2, -0.15) is 0 Å². The number of nitrogens with zero attached hydrogens (tertiary/aromatic N) is 1. The number of benzene rings is 1. The zero-order chi connectivity index (χ0) is 13.3. The van der Waals surface area contributed by atoms with Gasteiger partial charge in [0.05, 0.1) is 5.56 Å². The third kappa shape index (κ3) is 1.84. The Morgan fingerprint density at radius 1 is 1.33 bits per heavy atom. The Kier molecular flexibility index (Phi) is 3.06. The number of carboxylic acids is 1. The summed E-state index contributed by atoms with van der Waals surface area (Å²) in [7, 11) is 1.58. The van der Waals surface area contributed by atoms with Crippen molar-refractivity contribution in [2.75, 3.05) is 7.05 Å². The fraction of sp³-hybridized carbons (Fsp3) is 0.231. The Labute approximate surface area is 104 Å². The lowest BCUT2D eigenvalue weighted by Gasteiger charge is -2.13. The molecule has 5 nitrogen and oxygen atoms in total. The van der Waals surface area contributed by atoms with Gasteiger partial charge in [-0.3, -0.25) is 4.79 Å². The van der Waals surface area contributed by atoms with Crippen LogP contribution in [0.25, 0.3) is 10.9 Å². The number of fused-ring (bicyclic) bond motifs is 1. The molecule has 94 valence electrons. The Morgan fingerprint density at radius 3 is 2.67 bits per heavy atom. The van der Waals surface area contributed by atoms with Gasteiger partial charge in [-0.25, -0.2) is 4.79 Å². The third-order valence-corrected chi connectivity index (χ3v) is 3.04. The number of carbonyl (C=O) groups is 2. The first-order chi connectivity index (χ1) is 8.56. The fourth-order valence-corrected chi connectivity index (χ4v) is 2.05. The van der Waals surface area contributed by atoms with E-state index >= 15 is 0 Å². The number of carboxylic acid groups (broad SMARTS) is 1. The summed E-state index contributed by atoms with van der Waals surface area (Å²) in [6.45, 7) is 1.77. The summed E-state index contributed by atoms with van der Waals surface area (Å²) >= 11 is 0. The Morgan fingerprint density at radius 2 is 2.06 bits per heavy atom. The van der Waals surface area contributed by atoms with Gasteiger partial charge in [0, 0.05) is 24.1 Å². The standard InChI is InChI=1S/C13H14N2O3/c1-8(12(16)14-2)15-7-6-9-10(13(17)18)4-3-5-11(9)15/h3-8H,1-2H3,(H,14,16)(H,17,18). The van der Waals surface area contributed by atoms with Gasteiger partial charge in [0.15, 0.2) is 0 Å². The number of aromatic nitrogens is 1. The summed E-state index contributed by atoms with van der Waals surface area (Å²) in [4.78, 5) is 22.7. The first kappa shape index (κ1) is 12.2. The largest absolute Gasteiger partial charge is 0.478 e. The van der Waals surface area contributed by atoms with Gasteiger partial charge >= 0.3 is 5.97 Å². The molecule has 0 saturated heterocycles. The van der Waals surface area contributed by atoms with Crippen molar-refractivity contribution >= 4 is 22.8 Å². The van der Waals surface area contributed by atoms with Gasteiger partial charge in [-0.1, -0.05) is 6.07 Å². The van der Waals surface area contributed by atoms with E-state index < -0.39 is 5.97 Å². The molecule has 0 aliphatic rings. The molecular weight excluding hydrogens is 232 g/mol. The van der Waals surface area contributed by atoms with E-state index in [1.54, 1.807) is 49.0 Å². The molecule has 0 fully saturated rings. The van der Waals surface area contributed by atoms with Crippen molar-refractivity contribution in [1.29, 1.82) is 0 Å². The average molecular weight is 246 g/mol. The summed E-state index contributed by atoms with van der Waals surface area (Å²) < 4.78 is 1.76. The van der Waals surface area contributed by atoms with Gasteiger partial charge in [-0.15, -0.1) is 0 Å². The molecule has 0 saturated carbocycles.